The van der Waals surface area contributed by atoms with Crippen molar-refractivity contribution in [1.29, 1.82) is 0 Å². The molecule has 16 heavy (non-hydrogen) atoms. The van der Waals surface area contributed by atoms with Crippen molar-refractivity contribution >= 4 is 0 Å². The minimum absolute atomic E-state index is 0.678. The lowest BCUT2D eigenvalue weighted by atomic mass is 10.2. The van der Waals surface area contributed by atoms with Crippen LogP contribution in [0.25, 0.3) is 0 Å². The molecule has 2 unspecified atom stereocenters. The van der Waals surface area contributed by atoms with Crippen LogP contribution in [0.5, 0.6) is 0 Å². The maximum absolute atomic E-state index is 3.60. The molecule has 3 nitrogen and oxygen atoms in total. The lowest BCUT2D eigenvalue weighted by Crippen LogP contribution is -2.37. The van der Waals surface area contributed by atoms with E-state index in [9.17, 15) is 0 Å². The van der Waals surface area contributed by atoms with Gasteiger partial charge in [0.2, 0.25) is 0 Å². The minimum atomic E-state index is 0.678. The first-order valence-corrected chi connectivity index (χ1v) is 6.75. The fourth-order valence-electron chi connectivity index (χ4n) is 2.44. The van der Waals surface area contributed by atoms with Gasteiger partial charge in [0, 0.05) is 31.7 Å². The molecule has 3 heteroatoms. The zero-order chi connectivity index (χ0) is 12.0. The Morgan fingerprint density at radius 3 is 2.75 bits per heavy atom. The zero-order valence-electron chi connectivity index (χ0n) is 11.5. The molecule has 1 N–H and O–H groups in total. The minimum Gasteiger partial charge on any atom is -0.313 e. The first-order valence-electron chi connectivity index (χ1n) is 6.75. The van der Waals surface area contributed by atoms with Crippen LogP contribution in [0.4, 0.5) is 0 Å². The Kier molecular flexibility index (Phi) is 6.32. The molecular weight excluding hydrogens is 198 g/mol. The van der Waals surface area contributed by atoms with Crippen molar-refractivity contribution in [2.24, 2.45) is 0 Å². The van der Waals surface area contributed by atoms with Gasteiger partial charge in [-0.05, 0) is 40.4 Å². The number of rotatable bonds is 7. The van der Waals surface area contributed by atoms with E-state index in [1.165, 1.54) is 38.9 Å². The molecule has 1 aliphatic rings. The molecule has 0 bridgehead atoms. The predicted octanol–water partition coefficient (Wildman–Crippen LogP) is 1.40. The SMILES string of the molecule is CCCC(C)NCCN1CCC(N(C)C)C1. The number of nitrogens with zero attached hydrogens (tertiary/aromatic N) is 2. The Morgan fingerprint density at radius 1 is 1.44 bits per heavy atom. The van der Waals surface area contributed by atoms with Crippen molar-refractivity contribution in [2.75, 3.05) is 40.3 Å². The van der Waals surface area contributed by atoms with Gasteiger partial charge in [0.05, 0.1) is 0 Å². The molecule has 1 saturated heterocycles. The third-order valence-electron chi connectivity index (χ3n) is 3.62. The predicted molar refractivity (Wildman–Crippen MR) is 70.9 cm³/mol. The lowest BCUT2D eigenvalue weighted by molar-refractivity contribution is 0.266. The molecule has 0 saturated carbocycles. The summed E-state index contributed by atoms with van der Waals surface area (Å²) in [6.45, 7) is 9.40. The fraction of sp³-hybridized carbons (Fsp3) is 1.00. The van der Waals surface area contributed by atoms with Gasteiger partial charge in [-0.3, -0.25) is 0 Å². The van der Waals surface area contributed by atoms with Gasteiger partial charge in [-0.1, -0.05) is 13.3 Å². The van der Waals surface area contributed by atoms with E-state index >= 15 is 0 Å². The van der Waals surface area contributed by atoms with Crippen molar-refractivity contribution in [1.82, 2.24) is 15.1 Å². The summed E-state index contributed by atoms with van der Waals surface area (Å²) in [4.78, 5) is 4.93. The highest BCUT2D eigenvalue weighted by Crippen LogP contribution is 2.12. The average Bonchev–Trinajstić information content (AvgIpc) is 2.67. The van der Waals surface area contributed by atoms with E-state index < -0.39 is 0 Å². The van der Waals surface area contributed by atoms with Crippen LogP contribution in [0.15, 0.2) is 0 Å². The molecule has 0 aromatic rings. The zero-order valence-corrected chi connectivity index (χ0v) is 11.5. The van der Waals surface area contributed by atoms with Gasteiger partial charge in [-0.25, -0.2) is 0 Å². The topological polar surface area (TPSA) is 18.5 Å². The summed E-state index contributed by atoms with van der Waals surface area (Å²) in [5, 5.41) is 3.60. The van der Waals surface area contributed by atoms with E-state index in [4.69, 9.17) is 0 Å². The van der Waals surface area contributed by atoms with Crippen molar-refractivity contribution in [3.63, 3.8) is 0 Å². The van der Waals surface area contributed by atoms with Crippen LogP contribution < -0.4 is 5.32 Å². The van der Waals surface area contributed by atoms with Crippen molar-refractivity contribution in [3.05, 3.63) is 0 Å². The monoisotopic (exact) mass is 227 g/mol. The Bertz CT molecular complexity index is 182. The lowest BCUT2D eigenvalue weighted by Gasteiger charge is -2.21. The van der Waals surface area contributed by atoms with Gasteiger partial charge in [-0.2, -0.15) is 0 Å². The Morgan fingerprint density at radius 2 is 2.19 bits per heavy atom. The van der Waals surface area contributed by atoms with Crippen LogP contribution in [0.3, 0.4) is 0 Å². The highest BCUT2D eigenvalue weighted by Gasteiger charge is 2.23. The molecular formula is C13H29N3. The molecule has 0 radical (unpaired) electrons. The molecule has 0 aromatic heterocycles. The molecule has 1 heterocycles. The second kappa shape index (κ2) is 7.25. The van der Waals surface area contributed by atoms with Gasteiger partial charge >= 0.3 is 0 Å². The van der Waals surface area contributed by atoms with Crippen LogP contribution in [0, 0.1) is 0 Å². The standard InChI is InChI=1S/C13H29N3/c1-5-6-12(2)14-8-10-16-9-7-13(11-16)15(3)4/h12-14H,5-11H2,1-4H3. The number of likely N-dealkylation sites (N-methyl/N-ethyl adjacent to an activating group) is 1. The molecule has 0 aromatic carbocycles. The van der Waals surface area contributed by atoms with Crippen molar-refractivity contribution in [3.8, 4) is 0 Å². The van der Waals surface area contributed by atoms with E-state index in [2.05, 4.69) is 43.1 Å². The van der Waals surface area contributed by atoms with Gasteiger partial charge in [0.25, 0.3) is 0 Å². The van der Waals surface area contributed by atoms with Crippen molar-refractivity contribution < 1.29 is 0 Å². The second-order valence-corrected chi connectivity index (χ2v) is 5.35. The average molecular weight is 227 g/mol. The van der Waals surface area contributed by atoms with E-state index in [1.54, 1.807) is 0 Å². The Balaban J connectivity index is 2.06. The van der Waals surface area contributed by atoms with Gasteiger partial charge in [-0.15, -0.1) is 0 Å². The third-order valence-corrected chi connectivity index (χ3v) is 3.62. The van der Waals surface area contributed by atoms with E-state index in [1.807, 2.05) is 0 Å². The summed E-state index contributed by atoms with van der Waals surface area (Å²) in [5.74, 6) is 0. The third kappa shape index (κ3) is 4.81. The first kappa shape index (κ1) is 13.9. The molecule has 1 aliphatic heterocycles. The van der Waals surface area contributed by atoms with Crippen LogP contribution in [-0.4, -0.2) is 62.2 Å². The summed E-state index contributed by atoms with van der Waals surface area (Å²) < 4.78 is 0. The van der Waals surface area contributed by atoms with Gasteiger partial charge in [0.1, 0.15) is 0 Å². The Hall–Kier alpha value is -0.120. The maximum Gasteiger partial charge on any atom is 0.0229 e. The van der Waals surface area contributed by atoms with Crippen LogP contribution in [0.2, 0.25) is 0 Å². The number of likely N-dealkylation sites (tertiary alicyclic amines) is 1. The van der Waals surface area contributed by atoms with Crippen LogP contribution >= 0.6 is 0 Å². The summed E-state index contributed by atoms with van der Waals surface area (Å²) in [7, 11) is 4.38. The number of nitrogens with one attached hydrogen (secondary N) is 1. The molecule has 2 atom stereocenters. The largest absolute Gasteiger partial charge is 0.313 e. The molecule has 0 aliphatic carbocycles. The molecule has 1 fully saturated rings. The molecule has 1 rings (SSSR count). The normalized spacial score (nSPS) is 24.2. The van der Waals surface area contributed by atoms with Gasteiger partial charge < -0.3 is 15.1 Å². The first-order chi connectivity index (χ1) is 7.63. The number of hydrogen-bond acceptors (Lipinski definition) is 3. The van der Waals surface area contributed by atoms with Crippen LogP contribution in [0.1, 0.15) is 33.1 Å². The number of hydrogen-bond donors (Lipinski definition) is 1. The molecule has 0 spiro atoms. The maximum atomic E-state index is 3.60. The van der Waals surface area contributed by atoms with Crippen molar-refractivity contribution in [2.45, 2.75) is 45.2 Å². The quantitative estimate of drug-likeness (QED) is 0.709. The van der Waals surface area contributed by atoms with E-state index in [-0.39, 0.29) is 0 Å². The summed E-state index contributed by atoms with van der Waals surface area (Å²) >= 11 is 0. The Labute approximate surface area is 101 Å². The van der Waals surface area contributed by atoms with E-state index in [0.717, 1.165) is 12.6 Å². The highest BCUT2D eigenvalue weighted by molar-refractivity contribution is 4.81. The summed E-state index contributed by atoms with van der Waals surface area (Å²) in [6.07, 6.45) is 3.90. The summed E-state index contributed by atoms with van der Waals surface area (Å²) in [5.41, 5.74) is 0. The molecule has 0 amide bonds. The van der Waals surface area contributed by atoms with Crippen LogP contribution in [-0.2, 0) is 0 Å². The fourth-order valence-corrected chi connectivity index (χ4v) is 2.44. The second-order valence-electron chi connectivity index (χ2n) is 5.35. The summed E-state index contributed by atoms with van der Waals surface area (Å²) in [6, 6.07) is 1.45. The van der Waals surface area contributed by atoms with E-state index in [0.29, 0.717) is 6.04 Å². The molecule has 96 valence electrons. The smallest absolute Gasteiger partial charge is 0.0229 e. The van der Waals surface area contributed by atoms with Gasteiger partial charge in [0.15, 0.2) is 0 Å². The highest BCUT2D eigenvalue weighted by atomic mass is 15.2.